The van der Waals surface area contributed by atoms with Crippen molar-refractivity contribution in [3.63, 3.8) is 0 Å². The van der Waals surface area contributed by atoms with E-state index >= 15 is 0 Å². The molecule has 3 aromatic rings. The van der Waals surface area contributed by atoms with Gasteiger partial charge in [0.2, 0.25) is 5.91 Å². The number of carbonyl (C=O) groups excluding carboxylic acids is 1. The fraction of sp³-hybridized carbons (Fsp3) is 0.292. The van der Waals surface area contributed by atoms with E-state index in [4.69, 9.17) is 9.15 Å². The Bertz CT molecular complexity index is 1060. The monoisotopic (exact) mass is 395 g/mol. The Labute approximate surface area is 170 Å². The van der Waals surface area contributed by atoms with Crippen LogP contribution in [0.4, 0.5) is 4.39 Å². The minimum Gasteiger partial charge on any atom is -0.496 e. The number of rotatable bonds is 6. The summed E-state index contributed by atoms with van der Waals surface area (Å²) in [5.74, 6) is 0.626. The van der Waals surface area contributed by atoms with Gasteiger partial charge < -0.3 is 14.5 Å². The SMILES string of the molecule is COc1c(/C(C)=C/C(=O)NCC(C)C)cc2c(-c3ccc(F)cc3)coc2c1C. The fourth-order valence-electron chi connectivity index (χ4n) is 3.35. The molecule has 5 heteroatoms. The van der Waals surface area contributed by atoms with Gasteiger partial charge in [0.15, 0.2) is 0 Å². The molecule has 1 N–H and O–H groups in total. The molecule has 0 radical (unpaired) electrons. The van der Waals surface area contributed by atoms with E-state index in [1.54, 1.807) is 31.6 Å². The molecular formula is C24H26FNO3. The van der Waals surface area contributed by atoms with Gasteiger partial charge in [-0.05, 0) is 49.1 Å². The van der Waals surface area contributed by atoms with Crippen LogP contribution in [0.5, 0.6) is 5.75 Å². The molecule has 0 atom stereocenters. The second kappa shape index (κ2) is 8.52. The average molecular weight is 395 g/mol. The average Bonchev–Trinajstić information content (AvgIpc) is 3.11. The van der Waals surface area contributed by atoms with Crippen LogP contribution >= 0.6 is 0 Å². The Balaban J connectivity index is 2.10. The van der Waals surface area contributed by atoms with E-state index in [0.717, 1.165) is 33.2 Å². The number of nitrogens with one attached hydrogen (secondary N) is 1. The van der Waals surface area contributed by atoms with Crippen LogP contribution in [0, 0.1) is 18.7 Å². The molecule has 0 aliphatic heterocycles. The van der Waals surface area contributed by atoms with Crippen LogP contribution in [-0.4, -0.2) is 19.6 Å². The third-order valence-electron chi connectivity index (χ3n) is 4.86. The van der Waals surface area contributed by atoms with Crippen LogP contribution < -0.4 is 10.1 Å². The maximum Gasteiger partial charge on any atom is 0.244 e. The van der Waals surface area contributed by atoms with Crippen molar-refractivity contribution in [2.45, 2.75) is 27.7 Å². The zero-order chi connectivity index (χ0) is 21.1. The van der Waals surface area contributed by atoms with Crippen LogP contribution in [0.15, 0.2) is 47.1 Å². The van der Waals surface area contributed by atoms with Crippen molar-refractivity contribution in [2.24, 2.45) is 5.92 Å². The van der Waals surface area contributed by atoms with Crippen LogP contribution in [0.25, 0.3) is 27.7 Å². The lowest BCUT2D eigenvalue weighted by atomic mass is 9.96. The first-order chi connectivity index (χ1) is 13.8. The normalized spacial score (nSPS) is 11.9. The van der Waals surface area contributed by atoms with Crippen molar-refractivity contribution < 1.29 is 18.3 Å². The molecule has 29 heavy (non-hydrogen) atoms. The Kier molecular flexibility index (Phi) is 6.06. The summed E-state index contributed by atoms with van der Waals surface area (Å²) in [6.07, 6.45) is 3.26. The summed E-state index contributed by atoms with van der Waals surface area (Å²) < 4.78 is 24.8. The molecule has 2 aromatic carbocycles. The van der Waals surface area contributed by atoms with Gasteiger partial charge in [-0.1, -0.05) is 26.0 Å². The molecule has 0 aliphatic rings. The standard InChI is InChI=1S/C24H26FNO3/c1-14(2)12-26-22(27)10-15(3)19-11-20-21(17-6-8-18(25)9-7-17)13-29-24(20)16(4)23(19)28-5/h6-11,13-14H,12H2,1-5H3,(H,26,27)/b15-10+. The highest BCUT2D eigenvalue weighted by Crippen LogP contribution is 2.40. The van der Waals surface area contributed by atoms with Gasteiger partial charge >= 0.3 is 0 Å². The van der Waals surface area contributed by atoms with E-state index in [2.05, 4.69) is 5.32 Å². The number of allylic oxidation sites excluding steroid dienone is 1. The largest absolute Gasteiger partial charge is 0.496 e. The van der Waals surface area contributed by atoms with Crippen LogP contribution in [0.1, 0.15) is 31.9 Å². The molecule has 1 aromatic heterocycles. The Morgan fingerprint density at radius 2 is 1.97 bits per heavy atom. The van der Waals surface area contributed by atoms with E-state index < -0.39 is 0 Å². The molecular weight excluding hydrogens is 369 g/mol. The molecule has 3 rings (SSSR count). The molecule has 0 aliphatic carbocycles. The van der Waals surface area contributed by atoms with Crippen LogP contribution in [-0.2, 0) is 4.79 Å². The molecule has 1 amide bonds. The lowest BCUT2D eigenvalue weighted by Gasteiger charge is -2.13. The van der Waals surface area contributed by atoms with Gasteiger partial charge in [0.25, 0.3) is 0 Å². The highest BCUT2D eigenvalue weighted by Gasteiger charge is 2.18. The Morgan fingerprint density at radius 3 is 2.59 bits per heavy atom. The number of amides is 1. The van der Waals surface area contributed by atoms with E-state index in [1.165, 1.54) is 12.1 Å². The smallest absolute Gasteiger partial charge is 0.244 e. The second-order valence-electron chi connectivity index (χ2n) is 7.58. The minimum absolute atomic E-state index is 0.137. The van der Waals surface area contributed by atoms with E-state index in [0.29, 0.717) is 23.8 Å². The summed E-state index contributed by atoms with van der Waals surface area (Å²) in [6, 6.07) is 8.26. The number of benzene rings is 2. The van der Waals surface area contributed by atoms with Gasteiger partial charge in [-0.2, -0.15) is 0 Å². The minimum atomic E-state index is -0.286. The predicted molar refractivity (Wildman–Crippen MR) is 114 cm³/mol. The number of ether oxygens (including phenoxy) is 1. The number of halogens is 1. The summed E-state index contributed by atoms with van der Waals surface area (Å²) in [4.78, 5) is 12.3. The maximum absolute atomic E-state index is 13.3. The highest BCUT2D eigenvalue weighted by molar-refractivity contribution is 6.01. The topological polar surface area (TPSA) is 51.5 Å². The predicted octanol–water partition coefficient (Wildman–Crippen LogP) is 5.73. The molecule has 1 heterocycles. The summed E-state index contributed by atoms with van der Waals surface area (Å²) >= 11 is 0. The molecule has 152 valence electrons. The van der Waals surface area contributed by atoms with Crippen LogP contribution in [0.2, 0.25) is 0 Å². The summed E-state index contributed by atoms with van der Waals surface area (Å²) in [7, 11) is 1.60. The van der Waals surface area contributed by atoms with Crippen molar-refractivity contribution in [3.8, 4) is 16.9 Å². The lowest BCUT2D eigenvalue weighted by Crippen LogP contribution is -2.25. The van der Waals surface area contributed by atoms with Gasteiger partial charge in [-0.25, -0.2) is 4.39 Å². The molecule has 0 spiro atoms. The van der Waals surface area contributed by atoms with Gasteiger partial charge in [0, 0.05) is 34.7 Å². The number of hydrogen-bond donors (Lipinski definition) is 1. The first kappa shape index (κ1) is 20.6. The number of aryl methyl sites for hydroxylation is 1. The van der Waals surface area contributed by atoms with Gasteiger partial charge in [0.1, 0.15) is 17.1 Å². The van der Waals surface area contributed by atoms with E-state index in [1.807, 2.05) is 33.8 Å². The maximum atomic E-state index is 13.3. The fourth-order valence-corrected chi connectivity index (χ4v) is 3.35. The third-order valence-corrected chi connectivity index (χ3v) is 4.86. The van der Waals surface area contributed by atoms with Gasteiger partial charge in [-0.3, -0.25) is 4.79 Å². The summed E-state index contributed by atoms with van der Waals surface area (Å²) in [5, 5.41) is 3.79. The molecule has 0 saturated heterocycles. The Hall–Kier alpha value is -3.08. The molecule has 0 saturated carbocycles. The van der Waals surface area contributed by atoms with Crippen molar-refractivity contribution in [1.82, 2.24) is 5.32 Å². The number of carbonyl (C=O) groups is 1. The molecule has 4 nitrogen and oxygen atoms in total. The van der Waals surface area contributed by atoms with Gasteiger partial charge in [0.05, 0.1) is 13.4 Å². The van der Waals surface area contributed by atoms with E-state index in [-0.39, 0.29) is 11.7 Å². The summed E-state index contributed by atoms with van der Waals surface area (Å²) in [6.45, 7) is 8.53. The molecule has 0 bridgehead atoms. The first-order valence-corrected chi connectivity index (χ1v) is 9.63. The van der Waals surface area contributed by atoms with Crippen molar-refractivity contribution in [1.29, 1.82) is 0 Å². The molecule has 0 unspecified atom stereocenters. The number of furan rings is 1. The second-order valence-corrected chi connectivity index (χ2v) is 7.58. The van der Waals surface area contributed by atoms with E-state index in [9.17, 15) is 9.18 Å². The summed E-state index contributed by atoms with van der Waals surface area (Å²) in [5.41, 5.74) is 4.90. The van der Waals surface area contributed by atoms with Crippen molar-refractivity contribution in [2.75, 3.05) is 13.7 Å². The number of fused-ring (bicyclic) bond motifs is 1. The van der Waals surface area contributed by atoms with Crippen LogP contribution in [0.3, 0.4) is 0 Å². The van der Waals surface area contributed by atoms with Crippen molar-refractivity contribution in [3.05, 3.63) is 59.6 Å². The first-order valence-electron chi connectivity index (χ1n) is 9.63. The number of methoxy groups -OCH3 is 1. The number of hydrogen-bond acceptors (Lipinski definition) is 3. The van der Waals surface area contributed by atoms with Crippen molar-refractivity contribution >= 4 is 22.4 Å². The van der Waals surface area contributed by atoms with Gasteiger partial charge in [-0.15, -0.1) is 0 Å². The zero-order valence-corrected chi connectivity index (χ0v) is 17.4. The zero-order valence-electron chi connectivity index (χ0n) is 17.4. The highest BCUT2D eigenvalue weighted by atomic mass is 19.1. The third kappa shape index (κ3) is 4.34. The lowest BCUT2D eigenvalue weighted by molar-refractivity contribution is -0.116. The quantitative estimate of drug-likeness (QED) is 0.542. The molecule has 0 fully saturated rings. The Morgan fingerprint density at radius 1 is 1.28 bits per heavy atom.